The molecule has 2 rings (SSSR count). The Morgan fingerprint density at radius 1 is 1.12 bits per heavy atom. The summed E-state index contributed by atoms with van der Waals surface area (Å²) >= 11 is 0. The van der Waals surface area contributed by atoms with E-state index in [1.54, 1.807) is 7.11 Å². The van der Waals surface area contributed by atoms with Crippen molar-refractivity contribution < 1.29 is 9.47 Å². The molecular weight excluding hydrogens is 218 g/mol. The number of nitrogens with one attached hydrogen (secondary N) is 1. The van der Waals surface area contributed by atoms with Crippen molar-refractivity contribution in [2.45, 2.75) is 13.8 Å². The Kier molecular flexibility index (Phi) is 2.79. The number of hydrogen-bond acceptors (Lipinski definition) is 3. The number of fused-ring (bicyclic) bond motifs is 1. The maximum atomic E-state index is 11.9. The third-order valence-electron chi connectivity index (χ3n) is 2.90. The zero-order valence-electron chi connectivity index (χ0n) is 10.4. The second-order valence-corrected chi connectivity index (χ2v) is 3.98. The third kappa shape index (κ3) is 1.75. The Hall–Kier alpha value is -1.97. The third-order valence-corrected chi connectivity index (χ3v) is 2.90. The lowest BCUT2D eigenvalue weighted by Crippen LogP contribution is -2.06. The minimum atomic E-state index is -0.0514. The monoisotopic (exact) mass is 233 g/mol. The van der Waals surface area contributed by atoms with Crippen molar-refractivity contribution in [3.05, 3.63) is 33.5 Å². The van der Waals surface area contributed by atoms with Gasteiger partial charge in [0.05, 0.1) is 19.7 Å². The number of aromatic amines is 1. The van der Waals surface area contributed by atoms with Gasteiger partial charge >= 0.3 is 0 Å². The fourth-order valence-electron chi connectivity index (χ4n) is 2.10. The van der Waals surface area contributed by atoms with Gasteiger partial charge in [-0.15, -0.1) is 0 Å². The highest BCUT2D eigenvalue weighted by Gasteiger charge is 2.11. The van der Waals surface area contributed by atoms with E-state index >= 15 is 0 Å². The first-order valence-corrected chi connectivity index (χ1v) is 5.33. The molecule has 0 aliphatic heterocycles. The number of H-pyrrole nitrogens is 1. The second kappa shape index (κ2) is 4.13. The molecule has 90 valence electrons. The molecule has 0 aliphatic carbocycles. The van der Waals surface area contributed by atoms with Crippen molar-refractivity contribution in [1.29, 1.82) is 0 Å². The Morgan fingerprint density at radius 3 is 2.41 bits per heavy atom. The van der Waals surface area contributed by atoms with Crippen molar-refractivity contribution in [3.8, 4) is 11.6 Å². The summed E-state index contributed by atoms with van der Waals surface area (Å²) in [4.78, 5) is 15.0. The first kappa shape index (κ1) is 11.5. The van der Waals surface area contributed by atoms with Crippen molar-refractivity contribution in [2.75, 3.05) is 14.2 Å². The predicted octanol–water partition coefficient (Wildman–Crippen LogP) is 2.16. The molecule has 4 heteroatoms. The molecule has 0 radical (unpaired) electrons. The number of ether oxygens (including phenoxy) is 2. The van der Waals surface area contributed by atoms with E-state index in [9.17, 15) is 4.79 Å². The predicted molar refractivity (Wildman–Crippen MR) is 67.1 cm³/mol. The van der Waals surface area contributed by atoms with Crippen LogP contribution in [0.4, 0.5) is 0 Å². The molecule has 2 aromatic rings. The van der Waals surface area contributed by atoms with E-state index < -0.39 is 0 Å². The summed E-state index contributed by atoms with van der Waals surface area (Å²) in [6.45, 7) is 3.85. The molecule has 1 aromatic heterocycles. The van der Waals surface area contributed by atoms with E-state index in [-0.39, 0.29) is 5.43 Å². The van der Waals surface area contributed by atoms with Gasteiger partial charge in [-0.05, 0) is 25.5 Å². The Morgan fingerprint density at radius 2 is 1.82 bits per heavy atom. The van der Waals surface area contributed by atoms with Crippen LogP contribution in [0.1, 0.15) is 11.1 Å². The smallest absolute Gasteiger partial charge is 0.194 e. The quantitative estimate of drug-likeness (QED) is 0.864. The highest BCUT2D eigenvalue weighted by Crippen LogP contribution is 2.29. The van der Waals surface area contributed by atoms with E-state index in [0.29, 0.717) is 11.3 Å². The van der Waals surface area contributed by atoms with E-state index in [1.165, 1.54) is 13.2 Å². The Bertz CT molecular complexity index is 629. The molecule has 1 N–H and O–H groups in total. The standard InChI is InChI=1S/C13H15NO3/c1-7-5-9-10(15)6-11(16-3)14-12(9)8(2)13(7)17-4/h5-6H,1-4H3,(H,14,15). The van der Waals surface area contributed by atoms with Crippen LogP contribution in [-0.4, -0.2) is 19.2 Å². The van der Waals surface area contributed by atoms with Crippen LogP contribution in [0.25, 0.3) is 10.9 Å². The first-order chi connectivity index (χ1) is 8.08. The average Bonchev–Trinajstić information content (AvgIpc) is 2.31. The normalized spacial score (nSPS) is 10.6. The van der Waals surface area contributed by atoms with Gasteiger partial charge in [0, 0.05) is 17.0 Å². The fourth-order valence-corrected chi connectivity index (χ4v) is 2.10. The van der Waals surface area contributed by atoms with Gasteiger partial charge in [-0.25, -0.2) is 0 Å². The van der Waals surface area contributed by atoms with Crippen LogP contribution in [0.5, 0.6) is 11.6 Å². The topological polar surface area (TPSA) is 51.3 Å². The Labute approximate surface area is 99.2 Å². The van der Waals surface area contributed by atoms with E-state index in [0.717, 1.165) is 22.4 Å². The van der Waals surface area contributed by atoms with Gasteiger partial charge in [-0.2, -0.15) is 0 Å². The van der Waals surface area contributed by atoms with Crippen molar-refractivity contribution >= 4 is 10.9 Å². The first-order valence-electron chi connectivity index (χ1n) is 5.33. The van der Waals surface area contributed by atoms with Gasteiger partial charge in [-0.1, -0.05) is 0 Å². The van der Waals surface area contributed by atoms with Gasteiger partial charge in [0.2, 0.25) is 0 Å². The summed E-state index contributed by atoms with van der Waals surface area (Å²) in [6, 6.07) is 3.28. The molecule has 0 fully saturated rings. The lowest BCUT2D eigenvalue weighted by Gasteiger charge is -2.12. The molecule has 0 saturated heterocycles. The largest absolute Gasteiger partial charge is 0.496 e. The van der Waals surface area contributed by atoms with Gasteiger partial charge < -0.3 is 14.5 Å². The maximum absolute atomic E-state index is 11.9. The summed E-state index contributed by atoms with van der Waals surface area (Å²) < 4.78 is 10.4. The van der Waals surface area contributed by atoms with Crippen molar-refractivity contribution in [1.82, 2.24) is 4.98 Å². The van der Waals surface area contributed by atoms with Crippen LogP contribution < -0.4 is 14.9 Å². The number of rotatable bonds is 2. The number of aryl methyl sites for hydroxylation is 2. The van der Waals surface area contributed by atoms with Crippen molar-refractivity contribution in [2.24, 2.45) is 0 Å². The van der Waals surface area contributed by atoms with Gasteiger partial charge in [-0.3, -0.25) is 4.79 Å². The highest BCUT2D eigenvalue weighted by molar-refractivity contribution is 5.85. The van der Waals surface area contributed by atoms with E-state index in [4.69, 9.17) is 9.47 Å². The summed E-state index contributed by atoms with van der Waals surface area (Å²) in [5.41, 5.74) is 2.58. The minimum absolute atomic E-state index is 0.0514. The molecule has 4 nitrogen and oxygen atoms in total. The van der Waals surface area contributed by atoms with E-state index in [1.807, 2.05) is 19.9 Å². The summed E-state index contributed by atoms with van der Waals surface area (Å²) in [7, 11) is 3.15. The van der Waals surface area contributed by atoms with Crippen LogP contribution in [-0.2, 0) is 0 Å². The highest BCUT2D eigenvalue weighted by atomic mass is 16.5. The molecule has 1 aromatic carbocycles. The van der Waals surface area contributed by atoms with Crippen LogP contribution in [0.3, 0.4) is 0 Å². The summed E-state index contributed by atoms with van der Waals surface area (Å²) in [6.07, 6.45) is 0. The number of pyridine rings is 1. The fraction of sp³-hybridized carbons (Fsp3) is 0.308. The number of methoxy groups -OCH3 is 2. The SMILES string of the molecule is COc1cc(=O)c2cc(C)c(OC)c(C)c2[nH]1. The lowest BCUT2D eigenvalue weighted by atomic mass is 10.0. The van der Waals surface area contributed by atoms with Crippen molar-refractivity contribution in [3.63, 3.8) is 0 Å². The van der Waals surface area contributed by atoms with Gasteiger partial charge in [0.1, 0.15) is 5.75 Å². The van der Waals surface area contributed by atoms with Crippen LogP contribution in [0.15, 0.2) is 16.9 Å². The zero-order valence-corrected chi connectivity index (χ0v) is 10.4. The maximum Gasteiger partial charge on any atom is 0.194 e. The molecule has 0 amide bonds. The molecule has 0 saturated carbocycles. The number of aromatic nitrogens is 1. The minimum Gasteiger partial charge on any atom is -0.496 e. The second-order valence-electron chi connectivity index (χ2n) is 3.98. The zero-order chi connectivity index (χ0) is 12.6. The van der Waals surface area contributed by atoms with Gasteiger partial charge in [0.15, 0.2) is 11.3 Å². The van der Waals surface area contributed by atoms with Gasteiger partial charge in [0.25, 0.3) is 0 Å². The molecule has 1 heterocycles. The lowest BCUT2D eigenvalue weighted by molar-refractivity contribution is 0.398. The molecule has 0 unspecified atom stereocenters. The average molecular weight is 233 g/mol. The van der Waals surface area contributed by atoms with Crippen LogP contribution in [0, 0.1) is 13.8 Å². The summed E-state index contributed by atoms with van der Waals surface area (Å²) in [5, 5.41) is 0.654. The molecule has 0 bridgehead atoms. The Balaban J connectivity index is 2.92. The van der Waals surface area contributed by atoms with E-state index in [2.05, 4.69) is 4.98 Å². The number of benzene rings is 1. The summed E-state index contributed by atoms with van der Waals surface area (Å²) in [5.74, 6) is 1.25. The van der Waals surface area contributed by atoms with Crippen LogP contribution >= 0.6 is 0 Å². The molecule has 0 spiro atoms. The molecule has 0 aliphatic rings. The molecule has 17 heavy (non-hydrogen) atoms. The van der Waals surface area contributed by atoms with Crippen LogP contribution in [0.2, 0.25) is 0 Å². The number of hydrogen-bond donors (Lipinski definition) is 1. The molecular formula is C13H15NO3. The molecule has 0 atom stereocenters.